The molecule has 0 aromatic rings. The molecule has 7 heteroatoms. The van der Waals surface area contributed by atoms with Crippen molar-refractivity contribution in [1.29, 1.82) is 0 Å². The molecule has 1 unspecified atom stereocenters. The van der Waals surface area contributed by atoms with Crippen molar-refractivity contribution in [1.82, 2.24) is 10.2 Å². The van der Waals surface area contributed by atoms with Gasteiger partial charge in [0.25, 0.3) is 0 Å². The number of hydrogen-bond donors (Lipinski definition) is 2. The van der Waals surface area contributed by atoms with Crippen molar-refractivity contribution in [2.24, 2.45) is 0 Å². The van der Waals surface area contributed by atoms with Crippen LogP contribution >= 0.6 is 0 Å². The van der Waals surface area contributed by atoms with Crippen LogP contribution in [0.25, 0.3) is 0 Å². The van der Waals surface area contributed by atoms with Gasteiger partial charge in [-0.1, -0.05) is 0 Å². The Balaban J connectivity index is 2.28. The molecule has 1 fully saturated rings. The number of amides is 1. The van der Waals surface area contributed by atoms with Gasteiger partial charge in [-0.2, -0.15) is 0 Å². The molecule has 0 radical (unpaired) electrons. The van der Waals surface area contributed by atoms with E-state index in [1.54, 1.807) is 0 Å². The largest absolute Gasteiger partial charge is 0.469 e. The first-order valence-corrected chi connectivity index (χ1v) is 7.21. The van der Waals surface area contributed by atoms with Crippen LogP contribution in [0.2, 0.25) is 0 Å². The van der Waals surface area contributed by atoms with Crippen LogP contribution < -0.4 is 5.32 Å². The topological polar surface area (TPSA) is 88.1 Å². The Kier molecular flexibility index (Phi) is 7.07. The monoisotopic (exact) mass is 302 g/mol. The van der Waals surface area contributed by atoms with Crippen LogP contribution in [0.4, 0.5) is 0 Å². The summed E-state index contributed by atoms with van der Waals surface area (Å²) in [6.45, 7) is 5.72. The Labute approximate surface area is 125 Å². The zero-order valence-electron chi connectivity index (χ0n) is 13.1. The van der Waals surface area contributed by atoms with Crippen molar-refractivity contribution < 1.29 is 24.2 Å². The number of rotatable bonds is 7. The average Bonchev–Trinajstić information content (AvgIpc) is 2.41. The Bertz CT molecular complexity index is 359. The number of hydrogen-bond acceptors (Lipinski definition) is 6. The summed E-state index contributed by atoms with van der Waals surface area (Å²) in [5, 5.41) is 12.0. The van der Waals surface area contributed by atoms with Gasteiger partial charge < -0.3 is 19.9 Å². The molecule has 0 aromatic heterocycles. The number of methoxy groups -OCH3 is 1. The summed E-state index contributed by atoms with van der Waals surface area (Å²) >= 11 is 0. The fraction of sp³-hybridized carbons (Fsp3) is 0.857. The quantitative estimate of drug-likeness (QED) is 0.488. The highest BCUT2D eigenvalue weighted by Crippen LogP contribution is 2.20. The summed E-state index contributed by atoms with van der Waals surface area (Å²) in [6.07, 6.45) is 0.598. The molecule has 122 valence electrons. The number of nitrogens with one attached hydrogen (secondary N) is 1. The molecule has 1 rings (SSSR count). The van der Waals surface area contributed by atoms with Crippen molar-refractivity contribution in [2.45, 2.75) is 38.4 Å². The smallest absolute Gasteiger partial charge is 0.305 e. The van der Waals surface area contributed by atoms with Gasteiger partial charge in [0.2, 0.25) is 5.91 Å². The van der Waals surface area contributed by atoms with E-state index in [2.05, 4.69) is 10.1 Å². The van der Waals surface area contributed by atoms with Crippen molar-refractivity contribution in [3.05, 3.63) is 0 Å². The van der Waals surface area contributed by atoms with Crippen LogP contribution in [-0.2, 0) is 19.1 Å². The highest BCUT2D eigenvalue weighted by molar-refractivity contribution is 5.78. The number of aliphatic hydroxyl groups is 1. The second kappa shape index (κ2) is 8.31. The maximum Gasteiger partial charge on any atom is 0.305 e. The van der Waals surface area contributed by atoms with Gasteiger partial charge in [-0.3, -0.25) is 14.5 Å². The van der Waals surface area contributed by atoms with Gasteiger partial charge in [0.05, 0.1) is 32.0 Å². The second-order valence-corrected chi connectivity index (χ2v) is 5.88. The first-order chi connectivity index (χ1) is 9.86. The maximum absolute atomic E-state index is 11.9. The molecule has 1 aliphatic heterocycles. The molecule has 1 heterocycles. The Morgan fingerprint density at radius 1 is 1.48 bits per heavy atom. The molecule has 0 bridgehead atoms. The molecule has 0 saturated carbocycles. The number of carbonyl (C=O) groups excluding carboxylic acids is 2. The summed E-state index contributed by atoms with van der Waals surface area (Å²) in [7, 11) is 1.35. The van der Waals surface area contributed by atoms with Crippen LogP contribution in [0.3, 0.4) is 0 Å². The van der Waals surface area contributed by atoms with E-state index in [1.807, 2.05) is 18.7 Å². The fourth-order valence-electron chi connectivity index (χ4n) is 2.45. The standard InChI is InChI=1S/C14H26N2O5/c1-14(2)10-16(7-11(9-17)21-14)8-12(18)15-6-4-5-13(19)20-3/h11,17H,4-10H2,1-3H3,(H,15,18). The number of nitrogens with zero attached hydrogens (tertiary/aromatic N) is 1. The number of carbonyl (C=O) groups is 2. The van der Waals surface area contributed by atoms with Crippen molar-refractivity contribution >= 4 is 11.9 Å². The molecular formula is C14H26N2O5. The van der Waals surface area contributed by atoms with E-state index in [9.17, 15) is 14.7 Å². The lowest BCUT2D eigenvalue weighted by Crippen LogP contribution is -2.55. The summed E-state index contributed by atoms with van der Waals surface area (Å²) < 4.78 is 10.2. The fourth-order valence-corrected chi connectivity index (χ4v) is 2.45. The van der Waals surface area contributed by atoms with Gasteiger partial charge in [0.1, 0.15) is 0 Å². The van der Waals surface area contributed by atoms with Crippen LogP contribution in [0.15, 0.2) is 0 Å². The minimum atomic E-state index is -0.378. The predicted octanol–water partition coefficient (Wildman–Crippen LogP) is -0.472. The maximum atomic E-state index is 11.9. The zero-order chi connectivity index (χ0) is 15.9. The van der Waals surface area contributed by atoms with E-state index in [0.29, 0.717) is 32.5 Å². The number of ether oxygens (including phenoxy) is 2. The van der Waals surface area contributed by atoms with Crippen LogP contribution in [0.1, 0.15) is 26.7 Å². The molecule has 0 aromatic carbocycles. The molecule has 1 aliphatic rings. The van der Waals surface area contributed by atoms with E-state index >= 15 is 0 Å². The van der Waals surface area contributed by atoms with Gasteiger partial charge in [-0.25, -0.2) is 0 Å². The van der Waals surface area contributed by atoms with Gasteiger partial charge in [0, 0.05) is 26.1 Å². The highest BCUT2D eigenvalue weighted by atomic mass is 16.5. The average molecular weight is 302 g/mol. The lowest BCUT2D eigenvalue weighted by atomic mass is 10.1. The molecule has 0 aliphatic carbocycles. The summed E-state index contributed by atoms with van der Waals surface area (Å²) in [4.78, 5) is 24.8. The molecule has 0 spiro atoms. The molecule has 1 amide bonds. The predicted molar refractivity (Wildman–Crippen MR) is 76.7 cm³/mol. The summed E-state index contributed by atoms with van der Waals surface area (Å²) in [5.74, 6) is -0.362. The second-order valence-electron chi connectivity index (χ2n) is 5.88. The third-order valence-corrected chi connectivity index (χ3v) is 3.23. The lowest BCUT2D eigenvalue weighted by Gasteiger charge is -2.42. The number of aliphatic hydroxyl groups excluding tert-OH is 1. The van der Waals surface area contributed by atoms with Gasteiger partial charge in [-0.15, -0.1) is 0 Å². The molecule has 1 saturated heterocycles. The molecule has 2 N–H and O–H groups in total. The Morgan fingerprint density at radius 2 is 2.19 bits per heavy atom. The van der Waals surface area contributed by atoms with E-state index in [4.69, 9.17) is 4.74 Å². The first kappa shape index (κ1) is 17.9. The molecular weight excluding hydrogens is 276 g/mol. The Hall–Kier alpha value is -1.18. The minimum absolute atomic E-state index is 0.0549. The van der Waals surface area contributed by atoms with E-state index in [0.717, 1.165) is 0 Å². The first-order valence-electron chi connectivity index (χ1n) is 7.21. The van der Waals surface area contributed by atoms with Gasteiger partial charge >= 0.3 is 5.97 Å². The molecule has 1 atom stereocenters. The zero-order valence-corrected chi connectivity index (χ0v) is 13.1. The van der Waals surface area contributed by atoms with Crippen molar-refractivity contribution in [3.8, 4) is 0 Å². The lowest BCUT2D eigenvalue weighted by molar-refractivity contribution is -0.153. The Morgan fingerprint density at radius 3 is 2.81 bits per heavy atom. The third kappa shape index (κ3) is 6.88. The van der Waals surface area contributed by atoms with Crippen LogP contribution in [-0.4, -0.2) is 73.5 Å². The highest BCUT2D eigenvalue weighted by Gasteiger charge is 2.33. The third-order valence-electron chi connectivity index (χ3n) is 3.23. The van der Waals surface area contributed by atoms with E-state index in [-0.39, 0.29) is 36.7 Å². The van der Waals surface area contributed by atoms with Crippen molar-refractivity contribution in [3.63, 3.8) is 0 Å². The van der Waals surface area contributed by atoms with Crippen molar-refractivity contribution in [2.75, 3.05) is 39.9 Å². The molecule has 7 nitrogen and oxygen atoms in total. The van der Waals surface area contributed by atoms with E-state index < -0.39 is 0 Å². The summed E-state index contributed by atoms with van der Waals surface area (Å²) in [5.41, 5.74) is -0.378. The number of morpholine rings is 1. The van der Waals surface area contributed by atoms with Crippen LogP contribution in [0, 0.1) is 0 Å². The normalized spacial score (nSPS) is 21.8. The van der Waals surface area contributed by atoms with Gasteiger partial charge in [0.15, 0.2) is 0 Å². The molecule has 21 heavy (non-hydrogen) atoms. The number of esters is 1. The van der Waals surface area contributed by atoms with Gasteiger partial charge in [-0.05, 0) is 20.3 Å². The SMILES string of the molecule is COC(=O)CCCNC(=O)CN1CC(CO)OC(C)(C)C1. The minimum Gasteiger partial charge on any atom is -0.469 e. The van der Waals surface area contributed by atoms with E-state index in [1.165, 1.54) is 7.11 Å². The summed E-state index contributed by atoms with van der Waals surface area (Å²) in [6, 6.07) is 0. The van der Waals surface area contributed by atoms with Crippen LogP contribution in [0.5, 0.6) is 0 Å².